The van der Waals surface area contributed by atoms with Crippen LogP contribution in [0.15, 0.2) is 207 Å². The van der Waals surface area contributed by atoms with E-state index in [-0.39, 0.29) is 5.41 Å². The maximum absolute atomic E-state index is 4.75. The average Bonchev–Trinajstić information content (AvgIpc) is 3.95. The van der Waals surface area contributed by atoms with Gasteiger partial charge in [0.1, 0.15) is 6.33 Å². The molecule has 0 unspecified atom stereocenters. The predicted octanol–water partition coefficient (Wildman–Crippen LogP) is 14.7. The number of para-hydroxylation sites is 4. The first kappa shape index (κ1) is 34.4. The van der Waals surface area contributed by atoms with Crippen LogP contribution < -0.4 is 4.90 Å². The summed E-state index contributed by atoms with van der Waals surface area (Å²) in [6.07, 6.45) is 1.94. The van der Waals surface area contributed by atoms with Crippen LogP contribution in [0.3, 0.4) is 0 Å². The maximum atomic E-state index is 4.75. The van der Waals surface area contributed by atoms with Crippen LogP contribution in [0.5, 0.6) is 0 Å². The molecular formula is C56H40N4. The van der Waals surface area contributed by atoms with E-state index in [0.29, 0.717) is 0 Å². The van der Waals surface area contributed by atoms with Crippen LogP contribution in [0, 0.1) is 0 Å². The van der Waals surface area contributed by atoms with Gasteiger partial charge in [0.05, 0.1) is 33.4 Å². The first-order valence-electron chi connectivity index (χ1n) is 20.7. The van der Waals surface area contributed by atoms with Crippen molar-refractivity contribution in [2.24, 2.45) is 0 Å². The van der Waals surface area contributed by atoms with Crippen molar-refractivity contribution >= 4 is 60.7 Å². The molecule has 1 aliphatic carbocycles. The molecule has 0 amide bonds. The summed E-state index contributed by atoms with van der Waals surface area (Å²) in [5, 5.41) is 4.83. The summed E-state index contributed by atoms with van der Waals surface area (Å²) in [6, 6.07) is 73.0. The molecule has 4 nitrogen and oxygen atoms in total. The summed E-state index contributed by atoms with van der Waals surface area (Å²) in [5.41, 5.74) is 17.7. The lowest BCUT2D eigenvalue weighted by atomic mass is 9.82. The molecule has 0 saturated carbocycles. The summed E-state index contributed by atoms with van der Waals surface area (Å²) < 4.78 is 4.58. The molecule has 0 fully saturated rings. The molecule has 2 aromatic heterocycles. The molecule has 0 atom stereocenters. The van der Waals surface area contributed by atoms with E-state index in [1.165, 1.54) is 66.3 Å². The highest BCUT2D eigenvalue weighted by atomic mass is 15.1. The summed E-state index contributed by atoms with van der Waals surface area (Å²) in [7, 11) is 0. The Kier molecular flexibility index (Phi) is 7.54. The molecule has 0 spiro atoms. The Balaban J connectivity index is 1.02. The highest BCUT2D eigenvalue weighted by Crippen LogP contribution is 2.51. The number of imidazole rings is 1. The van der Waals surface area contributed by atoms with Gasteiger partial charge in [-0.05, 0) is 112 Å². The van der Waals surface area contributed by atoms with Crippen LogP contribution in [-0.2, 0) is 5.41 Å². The van der Waals surface area contributed by atoms with Crippen molar-refractivity contribution in [1.82, 2.24) is 14.1 Å². The molecule has 0 saturated heterocycles. The minimum Gasteiger partial charge on any atom is -0.310 e. The fourth-order valence-electron chi connectivity index (χ4n) is 9.89. The van der Waals surface area contributed by atoms with Gasteiger partial charge in [0.15, 0.2) is 0 Å². The highest BCUT2D eigenvalue weighted by molar-refractivity contribution is 6.10. The van der Waals surface area contributed by atoms with Crippen molar-refractivity contribution in [2.45, 2.75) is 19.3 Å². The Morgan fingerprint density at radius 2 is 1.10 bits per heavy atom. The van der Waals surface area contributed by atoms with E-state index in [4.69, 9.17) is 4.98 Å². The molecule has 12 rings (SSSR count). The van der Waals surface area contributed by atoms with Gasteiger partial charge in [-0.15, -0.1) is 0 Å². The highest BCUT2D eigenvalue weighted by Gasteiger charge is 2.36. The van der Waals surface area contributed by atoms with E-state index in [1.807, 2.05) is 12.4 Å². The largest absolute Gasteiger partial charge is 0.310 e. The number of nitrogens with zero attached hydrogens (tertiary/aromatic N) is 4. The van der Waals surface area contributed by atoms with E-state index in [9.17, 15) is 0 Å². The first-order chi connectivity index (χ1) is 29.5. The van der Waals surface area contributed by atoms with E-state index in [2.05, 4.69) is 222 Å². The summed E-state index contributed by atoms with van der Waals surface area (Å²) in [6.45, 7) is 4.71. The van der Waals surface area contributed by atoms with Crippen LogP contribution in [0.4, 0.5) is 17.1 Å². The second kappa shape index (κ2) is 13.2. The molecular weight excluding hydrogens is 729 g/mol. The van der Waals surface area contributed by atoms with Gasteiger partial charge in [-0.2, -0.15) is 0 Å². The van der Waals surface area contributed by atoms with Crippen LogP contribution in [0.2, 0.25) is 0 Å². The lowest BCUT2D eigenvalue weighted by Gasteiger charge is -2.29. The Hall–Kier alpha value is -7.69. The fourth-order valence-corrected chi connectivity index (χ4v) is 9.89. The molecule has 0 aliphatic heterocycles. The van der Waals surface area contributed by atoms with Gasteiger partial charge >= 0.3 is 0 Å². The lowest BCUT2D eigenvalue weighted by molar-refractivity contribution is 0.660. The van der Waals surface area contributed by atoms with Crippen molar-refractivity contribution in [2.75, 3.05) is 4.90 Å². The van der Waals surface area contributed by atoms with Crippen LogP contribution in [0.1, 0.15) is 25.0 Å². The number of anilines is 3. The number of rotatable bonds is 6. The summed E-state index contributed by atoms with van der Waals surface area (Å²) >= 11 is 0. The minimum atomic E-state index is -0.131. The van der Waals surface area contributed by atoms with Gasteiger partial charge in [0.25, 0.3) is 0 Å². The third-order valence-electron chi connectivity index (χ3n) is 12.8. The number of hydrogen-bond acceptors (Lipinski definition) is 2. The first-order valence-corrected chi connectivity index (χ1v) is 20.7. The SMILES string of the molecule is CC1(C)c2ccccc2-c2ccc(N(c3ccc(-c4ccc5c(c4)c4ccccc4n5-c4ccccc4)cc3)c3ccc(-n4cnc5ccccc54)c4ccccc34)cc21. The molecule has 4 heteroatoms. The smallest absolute Gasteiger partial charge is 0.100 e. The second-order valence-electron chi connectivity index (χ2n) is 16.5. The van der Waals surface area contributed by atoms with Crippen molar-refractivity contribution in [3.63, 3.8) is 0 Å². The number of benzene rings is 9. The Morgan fingerprint density at radius 1 is 0.450 bits per heavy atom. The van der Waals surface area contributed by atoms with Gasteiger partial charge in [0, 0.05) is 44.0 Å². The standard InChI is InChI=1S/C56H40N4/c1-56(2)48-20-10-8-16-42(48)43-30-29-41(35-49(43)56)59(53-33-32-51(44-17-6-7-18-45(44)53)58-36-57-50-21-11-13-23-55(50)58)40-27-24-37(25-28-40)38-26-31-54-47(34-38)46-19-9-12-22-52(46)60(54)39-14-4-3-5-15-39/h3-36H,1-2H3. The maximum Gasteiger partial charge on any atom is 0.100 e. The Bertz CT molecular complexity index is 3460. The summed E-state index contributed by atoms with van der Waals surface area (Å²) in [5.74, 6) is 0. The molecule has 0 bridgehead atoms. The quantitative estimate of drug-likeness (QED) is 0.168. The minimum absolute atomic E-state index is 0.131. The van der Waals surface area contributed by atoms with Crippen LogP contribution >= 0.6 is 0 Å². The zero-order chi connectivity index (χ0) is 40.0. The molecule has 11 aromatic rings. The lowest BCUT2D eigenvalue weighted by Crippen LogP contribution is -2.16. The Labute approximate surface area is 348 Å². The molecule has 284 valence electrons. The van der Waals surface area contributed by atoms with Gasteiger partial charge in [-0.3, -0.25) is 4.57 Å². The predicted molar refractivity (Wildman–Crippen MR) is 251 cm³/mol. The number of fused-ring (bicyclic) bond motifs is 8. The normalized spacial score (nSPS) is 13.0. The van der Waals surface area contributed by atoms with E-state index in [0.717, 1.165) is 39.2 Å². The topological polar surface area (TPSA) is 26.0 Å². The molecule has 60 heavy (non-hydrogen) atoms. The molecule has 0 N–H and O–H groups in total. The van der Waals surface area contributed by atoms with Crippen molar-refractivity contribution in [1.29, 1.82) is 0 Å². The van der Waals surface area contributed by atoms with E-state index < -0.39 is 0 Å². The number of hydrogen-bond donors (Lipinski definition) is 0. The van der Waals surface area contributed by atoms with Gasteiger partial charge in [-0.1, -0.05) is 135 Å². The van der Waals surface area contributed by atoms with E-state index in [1.54, 1.807) is 0 Å². The molecule has 0 radical (unpaired) electrons. The zero-order valence-corrected chi connectivity index (χ0v) is 33.4. The second-order valence-corrected chi connectivity index (χ2v) is 16.5. The molecule has 2 heterocycles. The fraction of sp³-hybridized carbons (Fsp3) is 0.0536. The Morgan fingerprint density at radius 3 is 1.95 bits per heavy atom. The third-order valence-corrected chi connectivity index (χ3v) is 12.8. The van der Waals surface area contributed by atoms with Gasteiger partial charge < -0.3 is 9.47 Å². The van der Waals surface area contributed by atoms with Crippen molar-refractivity contribution < 1.29 is 0 Å². The van der Waals surface area contributed by atoms with E-state index >= 15 is 0 Å². The van der Waals surface area contributed by atoms with Crippen LogP contribution in [-0.4, -0.2) is 14.1 Å². The number of aromatic nitrogens is 3. The zero-order valence-electron chi connectivity index (χ0n) is 33.4. The third kappa shape index (κ3) is 5.14. The average molecular weight is 769 g/mol. The monoisotopic (exact) mass is 768 g/mol. The summed E-state index contributed by atoms with van der Waals surface area (Å²) in [4.78, 5) is 7.19. The van der Waals surface area contributed by atoms with Crippen LogP contribution in [0.25, 0.3) is 77.2 Å². The molecule has 1 aliphatic rings. The van der Waals surface area contributed by atoms with Gasteiger partial charge in [-0.25, -0.2) is 4.98 Å². The van der Waals surface area contributed by atoms with Crippen molar-refractivity contribution in [3.8, 4) is 33.6 Å². The molecule has 9 aromatic carbocycles. The van der Waals surface area contributed by atoms with Crippen molar-refractivity contribution in [3.05, 3.63) is 218 Å². The van der Waals surface area contributed by atoms with Gasteiger partial charge in [0.2, 0.25) is 0 Å².